The van der Waals surface area contributed by atoms with Gasteiger partial charge < -0.3 is 9.88 Å². The third-order valence-electron chi connectivity index (χ3n) is 4.75. The molecule has 3 nitrogen and oxygen atoms in total. The molecule has 1 aliphatic rings. The van der Waals surface area contributed by atoms with Gasteiger partial charge in [-0.2, -0.15) is 0 Å². The molecule has 1 aromatic heterocycles. The molecule has 1 aromatic carbocycles. The molecule has 0 aliphatic heterocycles. The smallest absolute Gasteiger partial charge is 0.222 e. The van der Waals surface area contributed by atoms with Crippen molar-refractivity contribution in [3.63, 3.8) is 0 Å². The number of H-pyrrole nitrogens is 1. The molecule has 0 spiro atoms. The molecular weight excluding hydrogens is 260 g/mol. The second-order valence-electron chi connectivity index (χ2n) is 6.13. The number of hydrogen-bond acceptors (Lipinski definition) is 1. The van der Waals surface area contributed by atoms with Gasteiger partial charge in [-0.15, -0.1) is 0 Å². The lowest BCUT2D eigenvalue weighted by atomic mass is 9.90. The predicted molar refractivity (Wildman–Crippen MR) is 86.4 cm³/mol. The average molecular weight is 284 g/mol. The summed E-state index contributed by atoms with van der Waals surface area (Å²) in [6.45, 7) is 2.13. The van der Waals surface area contributed by atoms with Crippen molar-refractivity contribution in [1.29, 1.82) is 0 Å². The summed E-state index contributed by atoms with van der Waals surface area (Å²) in [7, 11) is 1.97. The van der Waals surface area contributed by atoms with E-state index in [9.17, 15) is 4.79 Å². The van der Waals surface area contributed by atoms with E-state index in [0.29, 0.717) is 18.4 Å². The standard InChI is InChI=1S/C18H24N2O/c1-3-4-9-18(21)20(2)13-10-11-17-15(12-13)14-7-5-6-8-16(14)19-17/h5-8,13,19H,3-4,9-12H2,1-2H3. The SMILES string of the molecule is CCCCC(=O)N(C)C1CCc2[nH]c3ccccc3c2C1. The number of rotatable bonds is 4. The van der Waals surface area contributed by atoms with Crippen LogP contribution in [-0.2, 0) is 17.6 Å². The Morgan fingerprint density at radius 2 is 2.19 bits per heavy atom. The predicted octanol–water partition coefficient (Wildman–Crippen LogP) is 3.67. The summed E-state index contributed by atoms with van der Waals surface area (Å²) in [5, 5.41) is 1.33. The monoisotopic (exact) mass is 284 g/mol. The average Bonchev–Trinajstić information content (AvgIpc) is 2.89. The van der Waals surface area contributed by atoms with Gasteiger partial charge in [0, 0.05) is 36.1 Å². The van der Waals surface area contributed by atoms with E-state index in [0.717, 1.165) is 32.1 Å². The highest BCUT2D eigenvalue weighted by Crippen LogP contribution is 2.30. The molecule has 1 atom stereocenters. The lowest BCUT2D eigenvalue weighted by Gasteiger charge is -2.31. The van der Waals surface area contributed by atoms with Gasteiger partial charge in [0.25, 0.3) is 0 Å². The van der Waals surface area contributed by atoms with E-state index in [1.54, 1.807) is 0 Å². The summed E-state index contributed by atoms with van der Waals surface area (Å²) in [5.74, 6) is 0.296. The highest BCUT2D eigenvalue weighted by atomic mass is 16.2. The molecule has 0 bridgehead atoms. The topological polar surface area (TPSA) is 36.1 Å². The number of nitrogens with zero attached hydrogens (tertiary/aromatic N) is 1. The zero-order valence-electron chi connectivity index (χ0n) is 13.0. The molecule has 2 aromatic rings. The van der Waals surface area contributed by atoms with Gasteiger partial charge in [0.1, 0.15) is 0 Å². The van der Waals surface area contributed by atoms with Crippen molar-refractivity contribution in [2.24, 2.45) is 0 Å². The van der Waals surface area contributed by atoms with Crippen molar-refractivity contribution in [3.8, 4) is 0 Å². The number of benzene rings is 1. The van der Waals surface area contributed by atoms with Crippen LogP contribution < -0.4 is 0 Å². The molecule has 1 aliphatic carbocycles. The van der Waals surface area contributed by atoms with Crippen LogP contribution in [0.3, 0.4) is 0 Å². The second kappa shape index (κ2) is 5.92. The number of hydrogen-bond donors (Lipinski definition) is 1. The van der Waals surface area contributed by atoms with Gasteiger partial charge in [-0.3, -0.25) is 4.79 Å². The zero-order chi connectivity index (χ0) is 14.8. The Balaban J connectivity index is 1.79. The quantitative estimate of drug-likeness (QED) is 0.913. The fraction of sp³-hybridized carbons (Fsp3) is 0.500. The number of fused-ring (bicyclic) bond motifs is 3. The van der Waals surface area contributed by atoms with Gasteiger partial charge in [-0.05, 0) is 37.3 Å². The molecule has 3 heteroatoms. The second-order valence-corrected chi connectivity index (χ2v) is 6.13. The van der Waals surface area contributed by atoms with Gasteiger partial charge >= 0.3 is 0 Å². The van der Waals surface area contributed by atoms with E-state index in [2.05, 4.69) is 36.2 Å². The number of aromatic nitrogens is 1. The van der Waals surface area contributed by atoms with E-state index < -0.39 is 0 Å². The molecule has 1 N–H and O–H groups in total. The van der Waals surface area contributed by atoms with E-state index >= 15 is 0 Å². The minimum atomic E-state index is 0.296. The minimum absolute atomic E-state index is 0.296. The van der Waals surface area contributed by atoms with Crippen LogP contribution >= 0.6 is 0 Å². The normalized spacial score (nSPS) is 17.7. The van der Waals surface area contributed by atoms with Gasteiger partial charge in [0.05, 0.1) is 0 Å². The molecule has 21 heavy (non-hydrogen) atoms. The van der Waals surface area contributed by atoms with Crippen molar-refractivity contribution >= 4 is 16.8 Å². The molecular formula is C18H24N2O. The number of amides is 1. The number of unbranched alkanes of at least 4 members (excludes halogenated alkanes) is 1. The van der Waals surface area contributed by atoms with Crippen molar-refractivity contribution in [3.05, 3.63) is 35.5 Å². The molecule has 1 amide bonds. The lowest BCUT2D eigenvalue weighted by Crippen LogP contribution is -2.40. The van der Waals surface area contributed by atoms with Crippen LogP contribution in [0.5, 0.6) is 0 Å². The van der Waals surface area contributed by atoms with E-state index in [-0.39, 0.29) is 0 Å². The number of carbonyl (C=O) groups excluding carboxylic acids is 1. The van der Waals surface area contributed by atoms with E-state index in [1.165, 1.54) is 22.2 Å². The fourth-order valence-corrected chi connectivity index (χ4v) is 3.39. The number of aromatic amines is 1. The number of carbonyl (C=O) groups is 1. The summed E-state index contributed by atoms with van der Waals surface area (Å²) in [6, 6.07) is 8.84. The molecule has 0 saturated heterocycles. The first-order valence-electron chi connectivity index (χ1n) is 8.04. The number of nitrogens with one attached hydrogen (secondary N) is 1. The molecule has 0 radical (unpaired) electrons. The van der Waals surface area contributed by atoms with Crippen molar-refractivity contribution in [2.45, 2.75) is 51.5 Å². The van der Waals surface area contributed by atoms with Crippen molar-refractivity contribution in [2.75, 3.05) is 7.05 Å². The number of para-hydroxylation sites is 1. The maximum atomic E-state index is 12.2. The Morgan fingerprint density at radius 3 is 3.00 bits per heavy atom. The molecule has 112 valence electrons. The minimum Gasteiger partial charge on any atom is -0.358 e. The van der Waals surface area contributed by atoms with Crippen LogP contribution in [0, 0.1) is 0 Å². The van der Waals surface area contributed by atoms with Crippen LogP contribution in [0.15, 0.2) is 24.3 Å². The third-order valence-corrected chi connectivity index (χ3v) is 4.75. The summed E-state index contributed by atoms with van der Waals surface area (Å²) in [6.07, 6.45) is 5.84. The Hall–Kier alpha value is -1.77. The van der Waals surface area contributed by atoms with Crippen LogP contribution in [-0.4, -0.2) is 28.9 Å². The first-order valence-corrected chi connectivity index (χ1v) is 8.04. The van der Waals surface area contributed by atoms with E-state index in [1.807, 2.05) is 11.9 Å². The van der Waals surface area contributed by atoms with Crippen molar-refractivity contribution in [1.82, 2.24) is 9.88 Å². The summed E-state index contributed by atoms with van der Waals surface area (Å²) < 4.78 is 0. The van der Waals surface area contributed by atoms with Crippen LogP contribution in [0.4, 0.5) is 0 Å². The Kier molecular flexibility index (Phi) is 4.00. The molecule has 0 fully saturated rings. The third kappa shape index (κ3) is 2.69. The summed E-state index contributed by atoms with van der Waals surface area (Å²) in [4.78, 5) is 17.8. The summed E-state index contributed by atoms with van der Waals surface area (Å²) in [5.41, 5.74) is 4.00. The van der Waals surface area contributed by atoms with Crippen LogP contribution in [0.25, 0.3) is 10.9 Å². The highest BCUT2D eigenvalue weighted by Gasteiger charge is 2.27. The van der Waals surface area contributed by atoms with Crippen molar-refractivity contribution < 1.29 is 4.79 Å². The fourth-order valence-electron chi connectivity index (χ4n) is 3.39. The van der Waals surface area contributed by atoms with Gasteiger partial charge in [-0.1, -0.05) is 31.5 Å². The molecule has 3 rings (SSSR count). The Labute approximate surface area is 126 Å². The first kappa shape index (κ1) is 14.2. The highest BCUT2D eigenvalue weighted by molar-refractivity contribution is 5.85. The van der Waals surface area contributed by atoms with Crippen LogP contribution in [0.2, 0.25) is 0 Å². The zero-order valence-corrected chi connectivity index (χ0v) is 13.0. The maximum Gasteiger partial charge on any atom is 0.222 e. The Morgan fingerprint density at radius 1 is 1.38 bits per heavy atom. The molecule has 1 heterocycles. The lowest BCUT2D eigenvalue weighted by molar-refractivity contribution is -0.132. The van der Waals surface area contributed by atoms with E-state index in [4.69, 9.17) is 0 Å². The molecule has 0 saturated carbocycles. The van der Waals surface area contributed by atoms with Gasteiger partial charge in [0.2, 0.25) is 5.91 Å². The first-order chi connectivity index (χ1) is 10.2. The summed E-state index contributed by atoms with van der Waals surface area (Å²) >= 11 is 0. The Bertz CT molecular complexity index is 644. The largest absolute Gasteiger partial charge is 0.358 e. The number of aryl methyl sites for hydroxylation is 1. The number of likely N-dealkylation sites (N-methyl/N-ethyl adjacent to an activating group) is 1. The maximum absolute atomic E-state index is 12.2. The molecule has 1 unspecified atom stereocenters. The van der Waals surface area contributed by atoms with Crippen LogP contribution in [0.1, 0.15) is 43.9 Å². The van der Waals surface area contributed by atoms with Gasteiger partial charge in [-0.25, -0.2) is 0 Å². The van der Waals surface area contributed by atoms with Gasteiger partial charge in [0.15, 0.2) is 0 Å².